The van der Waals surface area contributed by atoms with E-state index in [4.69, 9.17) is 4.74 Å². The van der Waals surface area contributed by atoms with Gasteiger partial charge in [0.15, 0.2) is 0 Å². The van der Waals surface area contributed by atoms with E-state index in [9.17, 15) is 4.79 Å². The number of aryl methyl sites for hydroxylation is 1. The number of nitrogens with one attached hydrogen (secondary N) is 1. The average Bonchev–Trinajstić information content (AvgIpc) is 3.14. The molecule has 0 saturated heterocycles. The molecule has 0 fully saturated rings. The second kappa shape index (κ2) is 7.07. The number of aromatic amines is 1. The summed E-state index contributed by atoms with van der Waals surface area (Å²) in [7, 11) is -1.10. The normalized spacial score (nSPS) is 12.3. The third-order valence-electron chi connectivity index (χ3n) is 4.97. The van der Waals surface area contributed by atoms with Crippen LogP contribution in [0.15, 0.2) is 47.5 Å². The maximum absolute atomic E-state index is 12.5. The smallest absolute Gasteiger partial charge is 0.331 e. The van der Waals surface area contributed by atoms with Crippen molar-refractivity contribution in [3.05, 3.63) is 58.8 Å². The monoisotopic (exact) mass is 394 g/mol. The summed E-state index contributed by atoms with van der Waals surface area (Å²) in [6, 6.07) is 10.8. The van der Waals surface area contributed by atoms with Gasteiger partial charge in [-0.2, -0.15) is 0 Å². The van der Waals surface area contributed by atoms with E-state index in [1.807, 2.05) is 34.9 Å². The highest BCUT2D eigenvalue weighted by molar-refractivity contribution is 6.76. The van der Waals surface area contributed by atoms with Gasteiger partial charge in [0.1, 0.15) is 12.4 Å². The Morgan fingerprint density at radius 3 is 2.79 bits per heavy atom. The first-order valence-corrected chi connectivity index (χ1v) is 13.3. The number of pyridine rings is 1. The van der Waals surface area contributed by atoms with E-state index < -0.39 is 8.07 Å². The number of rotatable bonds is 6. The van der Waals surface area contributed by atoms with Crippen LogP contribution in [0.1, 0.15) is 5.56 Å². The number of hydrogen-bond donors (Lipinski definition) is 1. The number of benzene rings is 1. The Bertz CT molecular complexity index is 1200. The Morgan fingerprint density at radius 2 is 2.00 bits per heavy atom. The van der Waals surface area contributed by atoms with Crippen molar-refractivity contribution in [3.63, 3.8) is 0 Å². The molecule has 7 heteroatoms. The Labute approximate surface area is 164 Å². The molecule has 0 unspecified atom stereocenters. The quantitative estimate of drug-likeness (QED) is 0.392. The summed E-state index contributed by atoms with van der Waals surface area (Å²) in [5, 5.41) is 1.03. The van der Waals surface area contributed by atoms with Crippen molar-refractivity contribution >= 4 is 30.1 Å². The molecule has 0 aliphatic carbocycles. The number of H-pyrrole nitrogens is 1. The molecule has 4 aromatic rings. The van der Waals surface area contributed by atoms with Gasteiger partial charge >= 0.3 is 5.69 Å². The first-order chi connectivity index (χ1) is 13.3. The number of imidazole rings is 1. The number of ether oxygens (including phenoxy) is 1. The Balaban J connectivity index is 1.66. The van der Waals surface area contributed by atoms with Crippen LogP contribution in [0.3, 0.4) is 0 Å². The van der Waals surface area contributed by atoms with Crippen LogP contribution < -0.4 is 5.69 Å². The minimum atomic E-state index is -1.10. The lowest BCUT2D eigenvalue weighted by molar-refractivity contribution is 0.0898. The van der Waals surface area contributed by atoms with Crippen molar-refractivity contribution < 1.29 is 4.74 Å². The van der Waals surface area contributed by atoms with Gasteiger partial charge in [-0.3, -0.25) is 4.57 Å². The number of hydrogen-bond acceptors (Lipinski definition) is 3. The highest BCUT2D eigenvalue weighted by Gasteiger charge is 2.14. The van der Waals surface area contributed by atoms with Gasteiger partial charge in [0.25, 0.3) is 0 Å². The van der Waals surface area contributed by atoms with Gasteiger partial charge in [0.2, 0.25) is 0 Å². The predicted molar refractivity (Wildman–Crippen MR) is 116 cm³/mol. The molecule has 0 aliphatic rings. The van der Waals surface area contributed by atoms with Crippen LogP contribution in [0.25, 0.3) is 27.8 Å². The van der Waals surface area contributed by atoms with Crippen molar-refractivity contribution in [2.45, 2.75) is 39.3 Å². The molecule has 0 saturated carbocycles. The molecule has 4 rings (SSSR count). The number of fused-ring (bicyclic) bond motifs is 2. The average molecular weight is 395 g/mol. The van der Waals surface area contributed by atoms with E-state index in [0.29, 0.717) is 6.73 Å². The van der Waals surface area contributed by atoms with Gasteiger partial charge in [-0.25, -0.2) is 9.78 Å². The Hall–Kier alpha value is -2.64. The molecule has 6 nitrogen and oxygen atoms in total. The van der Waals surface area contributed by atoms with Gasteiger partial charge in [0, 0.05) is 26.3 Å². The molecule has 0 amide bonds. The van der Waals surface area contributed by atoms with E-state index in [-0.39, 0.29) is 5.69 Å². The fourth-order valence-electron chi connectivity index (χ4n) is 3.40. The second-order valence-corrected chi connectivity index (χ2v) is 14.1. The van der Waals surface area contributed by atoms with Gasteiger partial charge in [-0.1, -0.05) is 31.8 Å². The summed E-state index contributed by atoms with van der Waals surface area (Å²) in [5.74, 6) is 0. The molecule has 3 heterocycles. The SMILES string of the molecule is Cc1cn(COCC[Si](C)(C)C)c2ncc(-n3c(=O)[nH]c4ccccc43)cc12. The molecule has 0 bridgehead atoms. The summed E-state index contributed by atoms with van der Waals surface area (Å²) >= 11 is 0. The molecule has 0 radical (unpaired) electrons. The van der Waals surface area contributed by atoms with Crippen LogP contribution in [0.4, 0.5) is 0 Å². The molecule has 1 N–H and O–H groups in total. The largest absolute Gasteiger partial charge is 0.361 e. The topological polar surface area (TPSA) is 64.8 Å². The van der Waals surface area contributed by atoms with Gasteiger partial charge in [-0.15, -0.1) is 0 Å². The van der Waals surface area contributed by atoms with Crippen molar-refractivity contribution in [2.24, 2.45) is 0 Å². The van der Waals surface area contributed by atoms with Crippen LogP contribution in [0.5, 0.6) is 0 Å². The van der Waals surface area contributed by atoms with Crippen molar-refractivity contribution in [2.75, 3.05) is 6.61 Å². The summed E-state index contributed by atoms with van der Waals surface area (Å²) in [4.78, 5) is 20.0. The molecule has 0 aliphatic heterocycles. The summed E-state index contributed by atoms with van der Waals surface area (Å²) < 4.78 is 9.60. The van der Waals surface area contributed by atoms with E-state index in [0.717, 1.165) is 46.0 Å². The maximum atomic E-state index is 12.5. The van der Waals surface area contributed by atoms with E-state index in [2.05, 4.69) is 42.7 Å². The predicted octanol–water partition coefficient (Wildman–Crippen LogP) is 4.29. The Morgan fingerprint density at radius 1 is 1.21 bits per heavy atom. The molecule has 1 aromatic carbocycles. The first kappa shape index (κ1) is 18.7. The second-order valence-electron chi connectivity index (χ2n) is 8.48. The van der Waals surface area contributed by atoms with Gasteiger partial charge < -0.3 is 14.3 Å². The standard InChI is InChI=1S/C21H26N4O2Si/c1-15-13-24(14-27-9-10-28(2,3)4)20-17(15)11-16(12-22-20)25-19-8-6-5-7-18(19)23-21(25)26/h5-8,11-13H,9-10,14H2,1-4H3,(H,23,26). The highest BCUT2D eigenvalue weighted by Crippen LogP contribution is 2.23. The molecule has 0 atom stereocenters. The van der Waals surface area contributed by atoms with Crippen molar-refractivity contribution in [1.29, 1.82) is 0 Å². The molecule has 0 spiro atoms. The fourth-order valence-corrected chi connectivity index (χ4v) is 4.16. The van der Waals surface area contributed by atoms with Crippen LogP contribution >= 0.6 is 0 Å². The number of para-hydroxylation sites is 2. The van der Waals surface area contributed by atoms with Crippen LogP contribution in [-0.2, 0) is 11.5 Å². The summed E-state index contributed by atoms with van der Waals surface area (Å²) in [6.07, 6.45) is 3.82. The minimum Gasteiger partial charge on any atom is -0.361 e. The zero-order valence-corrected chi connectivity index (χ0v) is 17.8. The zero-order chi connectivity index (χ0) is 19.9. The summed E-state index contributed by atoms with van der Waals surface area (Å²) in [5.41, 5.74) is 4.26. The lowest BCUT2D eigenvalue weighted by Crippen LogP contribution is -2.22. The summed E-state index contributed by atoms with van der Waals surface area (Å²) in [6.45, 7) is 10.4. The fraction of sp³-hybridized carbons (Fsp3) is 0.333. The van der Waals surface area contributed by atoms with Crippen LogP contribution in [-0.4, -0.2) is 33.8 Å². The third-order valence-corrected chi connectivity index (χ3v) is 6.68. The Kier molecular flexibility index (Phi) is 4.72. The minimum absolute atomic E-state index is 0.158. The third kappa shape index (κ3) is 3.55. The van der Waals surface area contributed by atoms with Crippen molar-refractivity contribution in [3.8, 4) is 5.69 Å². The molecule has 146 valence electrons. The lowest BCUT2D eigenvalue weighted by Gasteiger charge is -2.15. The van der Waals surface area contributed by atoms with E-state index in [1.165, 1.54) is 0 Å². The number of aromatic nitrogens is 4. The van der Waals surface area contributed by atoms with E-state index >= 15 is 0 Å². The number of nitrogens with zero attached hydrogens (tertiary/aromatic N) is 3. The van der Waals surface area contributed by atoms with Gasteiger partial charge in [-0.05, 0) is 36.7 Å². The molecule has 28 heavy (non-hydrogen) atoms. The highest BCUT2D eigenvalue weighted by atomic mass is 28.3. The van der Waals surface area contributed by atoms with Crippen LogP contribution in [0.2, 0.25) is 25.7 Å². The molecular formula is C21H26N4O2Si. The van der Waals surface area contributed by atoms with E-state index in [1.54, 1.807) is 10.8 Å². The molecule has 3 aromatic heterocycles. The van der Waals surface area contributed by atoms with Gasteiger partial charge in [0.05, 0.1) is 22.9 Å². The van der Waals surface area contributed by atoms with Crippen LogP contribution in [0, 0.1) is 6.92 Å². The molecular weight excluding hydrogens is 368 g/mol. The first-order valence-electron chi connectivity index (χ1n) is 9.57. The lowest BCUT2D eigenvalue weighted by atomic mass is 10.2. The maximum Gasteiger partial charge on any atom is 0.331 e. The van der Waals surface area contributed by atoms with Crippen molar-refractivity contribution in [1.82, 2.24) is 19.1 Å². The zero-order valence-electron chi connectivity index (χ0n) is 16.8.